The number of benzene rings is 1. The number of carboxylic acids is 1. The van der Waals surface area contributed by atoms with Crippen LogP contribution in [-0.2, 0) is 4.79 Å². The van der Waals surface area contributed by atoms with Crippen LogP contribution in [0.1, 0.15) is 30.1 Å². The minimum Gasteiger partial charge on any atom is -0.496 e. The smallest absolute Gasteiger partial charge is 0.353 e. The van der Waals surface area contributed by atoms with Crippen LogP contribution in [0.25, 0.3) is 0 Å². The summed E-state index contributed by atoms with van der Waals surface area (Å²) >= 11 is 7.19. The molecule has 0 spiro atoms. The number of unbranched alkanes of at least 4 members (excludes halogenated alkanes) is 1. The molecule has 0 unspecified atom stereocenters. The maximum atomic E-state index is 12.6. The highest BCUT2D eigenvalue weighted by Crippen LogP contribution is 2.35. The molecule has 1 aromatic rings. The van der Waals surface area contributed by atoms with Crippen molar-refractivity contribution in [3.63, 3.8) is 0 Å². The van der Waals surface area contributed by atoms with Crippen LogP contribution in [0.5, 0.6) is 5.75 Å². The molecule has 0 bridgehead atoms. The molecule has 0 radical (unpaired) electrons. The van der Waals surface area contributed by atoms with Crippen LogP contribution in [0.3, 0.4) is 0 Å². The highest BCUT2D eigenvalue weighted by molar-refractivity contribution is 8.06. The largest absolute Gasteiger partial charge is 0.496 e. The van der Waals surface area contributed by atoms with Gasteiger partial charge in [0.05, 0.1) is 17.7 Å². The Kier molecular flexibility index (Phi) is 6.34. The molecule has 5 nitrogen and oxygen atoms in total. The lowest BCUT2D eigenvalue weighted by Gasteiger charge is -2.20. The zero-order valence-electron chi connectivity index (χ0n) is 13.4. The molecule has 1 heterocycles. The van der Waals surface area contributed by atoms with E-state index in [1.54, 1.807) is 28.5 Å². The number of rotatable bonds is 7. The number of nitrogens with zero attached hydrogens (tertiary/aromatic N) is 1. The van der Waals surface area contributed by atoms with Crippen molar-refractivity contribution in [1.29, 1.82) is 0 Å². The molecule has 0 atom stereocenters. The Morgan fingerprint density at radius 3 is 2.79 bits per heavy atom. The zero-order valence-corrected chi connectivity index (χ0v) is 15.0. The van der Waals surface area contributed by atoms with Crippen LogP contribution in [0.15, 0.2) is 40.4 Å². The van der Waals surface area contributed by atoms with E-state index in [2.05, 4.69) is 0 Å². The molecule has 0 saturated carbocycles. The quantitative estimate of drug-likeness (QED) is 0.577. The predicted octanol–water partition coefficient (Wildman–Crippen LogP) is 4.15. The van der Waals surface area contributed by atoms with Gasteiger partial charge < -0.3 is 14.7 Å². The van der Waals surface area contributed by atoms with Gasteiger partial charge in [0.1, 0.15) is 11.4 Å². The van der Waals surface area contributed by atoms with Crippen molar-refractivity contribution in [2.24, 2.45) is 0 Å². The van der Waals surface area contributed by atoms with E-state index in [0.717, 1.165) is 12.8 Å². The van der Waals surface area contributed by atoms with Gasteiger partial charge in [-0.2, -0.15) is 0 Å². The number of methoxy groups -OCH3 is 1. The van der Waals surface area contributed by atoms with Gasteiger partial charge in [0, 0.05) is 23.1 Å². The lowest BCUT2D eigenvalue weighted by Crippen LogP contribution is -2.24. The van der Waals surface area contributed by atoms with E-state index in [1.807, 2.05) is 6.92 Å². The van der Waals surface area contributed by atoms with E-state index in [1.165, 1.54) is 24.9 Å². The fourth-order valence-corrected chi connectivity index (χ4v) is 3.37. The van der Waals surface area contributed by atoms with Crippen molar-refractivity contribution in [1.82, 2.24) is 4.90 Å². The molecule has 2 rings (SSSR count). The molecule has 0 aromatic heterocycles. The average molecular weight is 368 g/mol. The van der Waals surface area contributed by atoms with E-state index < -0.39 is 5.97 Å². The van der Waals surface area contributed by atoms with Crippen molar-refractivity contribution in [2.75, 3.05) is 13.7 Å². The van der Waals surface area contributed by atoms with Gasteiger partial charge in [0.25, 0.3) is 0 Å². The highest BCUT2D eigenvalue weighted by atomic mass is 35.5. The van der Waals surface area contributed by atoms with Crippen LogP contribution in [0.2, 0.25) is 5.02 Å². The van der Waals surface area contributed by atoms with Crippen molar-refractivity contribution in [3.8, 4) is 5.75 Å². The summed E-state index contributed by atoms with van der Waals surface area (Å²) in [6.45, 7) is 2.58. The monoisotopic (exact) mass is 367 g/mol. The summed E-state index contributed by atoms with van der Waals surface area (Å²) in [5, 5.41) is 11.9. The van der Waals surface area contributed by atoms with Gasteiger partial charge in [-0.05, 0) is 24.6 Å². The summed E-state index contributed by atoms with van der Waals surface area (Å²) in [5.41, 5.74) is 0.530. The van der Waals surface area contributed by atoms with E-state index >= 15 is 0 Å². The maximum Gasteiger partial charge on any atom is 0.353 e. The van der Waals surface area contributed by atoms with E-state index in [-0.39, 0.29) is 11.5 Å². The third kappa shape index (κ3) is 4.13. The van der Waals surface area contributed by atoms with Gasteiger partial charge in [-0.3, -0.25) is 4.79 Å². The Bertz CT molecular complexity index is 715. The van der Waals surface area contributed by atoms with Crippen LogP contribution >= 0.6 is 23.4 Å². The molecule has 128 valence electrons. The van der Waals surface area contributed by atoms with Crippen LogP contribution in [-0.4, -0.2) is 35.4 Å². The number of ether oxygens (including phenoxy) is 1. The normalized spacial score (nSPS) is 15.5. The fraction of sp³-hybridized carbons (Fsp3) is 0.294. The minimum absolute atomic E-state index is 0.186. The summed E-state index contributed by atoms with van der Waals surface area (Å²) in [6.07, 6.45) is 3.19. The van der Waals surface area contributed by atoms with Crippen LogP contribution < -0.4 is 4.74 Å². The molecule has 24 heavy (non-hydrogen) atoms. The number of carboxylic acid groups (broad SMARTS) is 1. The third-order valence-corrected chi connectivity index (χ3v) is 4.64. The lowest BCUT2D eigenvalue weighted by molar-refractivity contribution is -0.134. The summed E-state index contributed by atoms with van der Waals surface area (Å²) in [6, 6.07) is 4.82. The Morgan fingerprint density at radius 1 is 1.42 bits per heavy atom. The summed E-state index contributed by atoms with van der Waals surface area (Å²) in [5.74, 6) is -0.857. The molecule has 0 amide bonds. The average Bonchev–Trinajstić information content (AvgIpc) is 2.95. The SMILES string of the molecule is CCCCN1C(=CC(=O)c2cc(Cl)ccc2OC)SC=C1C(=O)O. The number of carbonyl (C=O) groups is 2. The second-order valence-electron chi connectivity index (χ2n) is 5.12. The molecule has 1 N–H and O–H groups in total. The van der Waals surface area contributed by atoms with E-state index in [0.29, 0.717) is 27.9 Å². The number of allylic oxidation sites excluding steroid dienone is 1. The summed E-state index contributed by atoms with van der Waals surface area (Å²) < 4.78 is 5.20. The van der Waals surface area contributed by atoms with Crippen molar-refractivity contribution < 1.29 is 19.4 Å². The van der Waals surface area contributed by atoms with Crippen molar-refractivity contribution >= 4 is 35.1 Å². The maximum absolute atomic E-state index is 12.6. The molecule has 0 aliphatic carbocycles. The number of halogens is 1. The molecule has 7 heteroatoms. The number of thioether (sulfide) groups is 1. The number of hydrogen-bond donors (Lipinski definition) is 1. The molecule has 0 fully saturated rings. The highest BCUT2D eigenvalue weighted by Gasteiger charge is 2.27. The number of hydrogen-bond acceptors (Lipinski definition) is 5. The lowest BCUT2D eigenvalue weighted by atomic mass is 10.1. The summed E-state index contributed by atoms with van der Waals surface area (Å²) in [7, 11) is 1.48. The first-order valence-corrected chi connectivity index (χ1v) is 8.71. The molecule has 1 aromatic carbocycles. The number of ketones is 1. The molecule has 1 aliphatic heterocycles. The van der Waals surface area contributed by atoms with Gasteiger partial charge in [0.15, 0.2) is 5.78 Å². The first-order chi connectivity index (χ1) is 11.5. The topological polar surface area (TPSA) is 66.8 Å². The van der Waals surface area contributed by atoms with Gasteiger partial charge >= 0.3 is 5.97 Å². The number of carbonyl (C=O) groups excluding carboxylic acids is 1. The Morgan fingerprint density at radius 2 is 2.17 bits per heavy atom. The van der Waals surface area contributed by atoms with Crippen molar-refractivity contribution in [3.05, 3.63) is 51.0 Å². The van der Waals surface area contributed by atoms with Crippen LogP contribution in [0.4, 0.5) is 0 Å². The second-order valence-corrected chi connectivity index (χ2v) is 6.45. The number of aliphatic carboxylic acids is 1. The van der Waals surface area contributed by atoms with Crippen LogP contribution in [0, 0.1) is 0 Å². The minimum atomic E-state index is -1.00. The molecule has 1 aliphatic rings. The van der Waals surface area contributed by atoms with E-state index in [9.17, 15) is 14.7 Å². The van der Waals surface area contributed by atoms with Gasteiger partial charge in [-0.1, -0.05) is 36.7 Å². The molecular weight excluding hydrogens is 350 g/mol. The first-order valence-electron chi connectivity index (χ1n) is 7.45. The van der Waals surface area contributed by atoms with Gasteiger partial charge in [-0.15, -0.1) is 0 Å². The second kappa shape index (κ2) is 8.26. The third-order valence-electron chi connectivity index (χ3n) is 3.48. The first kappa shape index (κ1) is 18.4. The molecular formula is C17H18ClNO4S. The fourth-order valence-electron chi connectivity index (χ4n) is 2.25. The van der Waals surface area contributed by atoms with E-state index in [4.69, 9.17) is 16.3 Å². The van der Waals surface area contributed by atoms with Gasteiger partial charge in [0.2, 0.25) is 0 Å². The summed E-state index contributed by atoms with van der Waals surface area (Å²) in [4.78, 5) is 25.6. The molecule has 0 saturated heterocycles. The Balaban J connectivity index is 2.31. The predicted molar refractivity (Wildman–Crippen MR) is 95.3 cm³/mol. The standard InChI is InChI=1S/C17H18ClNO4S/c1-3-4-7-19-13(17(21)22)10-24-16(19)9-14(20)12-8-11(18)5-6-15(12)23-2/h5-6,8-10H,3-4,7H2,1-2H3,(H,21,22). The zero-order chi connectivity index (χ0) is 17.7. The Labute approximate surface area is 149 Å². The Hall–Kier alpha value is -1.92. The van der Waals surface area contributed by atoms with Gasteiger partial charge in [-0.25, -0.2) is 4.79 Å². The van der Waals surface area contributed by atoms with Crippen molar-refractivity contribution in [2.45, 2.75) is 19.8 Å².